The van der Waals surface area contributed by atoms with E-state index in [0.29, 0.717) is 0 Å². The van der Waals surface area contributed by atoms with Crippen molar-refractivity contribution in [3.05, 3.63) is 12.2 Å². The quantitative estimate of drug-likeness (QED) is 0.443. The van der Waals surface area contributed by atoms with Crippen molar-refractivity contribution in [1.29, 1.82) is 0 Å². The summed E-state index contributed by atoms with van der Waals surface area (Å²) in [4.78, 5) is 0. The van der Waals surface area contributed by atoms with E-state index >= 15 is 0 Å². The Kier molecular flexibility index (Phi) is 11.4. The lowest BCUT2D eigenvalue weighted by Crippen LogP contribution is -2.15. The molecule has 0 N–H and O–H groups in total. The van der Waals surface area contributed by atoms with Gasteiger partial charge in [-0.15, -0.1) is 0 Å². The Hall–Kier alpha value is -0.260. The third-order valence-electron chi connectivity index (χ3n) is 4.33. The zero-order valence-corrected chi connectivity index (χ0v) is 14.4. The zero-order chi connectivity index (χ0) is 14.7. The molecule has 118 valence electrons. The molecule has 0 heterocycles. The van der Waals surface area contributed by atoms with Crippen molar-refractivity contribution in [2.45, 2.75) is 86.5 Å². The lowest BCUT2D eigenvalue weighted by molar-refractivity contribution is 0.255. The van der Waals surface area contributed by atoms with E-state index < -0.39 is 0 Å². The lowest BCUT2D eigenvalue weighted by atomic mass is 9.77. The van der Waals surface area contributed by atoms with Gasteiger partial charge in [-0.2, -0.15) is 0 Å². The molecule has 1 aliphatic rings. The summed E-state index contributed by atoms with van der Waals surface area (Å²) in [6, 6.07) is 0. The van der Waals surface area contributed by atoms with Gasteiger partial charge in [0.15, 0.2) is 0 Å². The monoisotopic (exact) mass is 270 g/mol. The Morgan fingerprint density at radius 1 is 1.00 bits per heavy atom. The number of hydrogen-bond donors (Lipinski definition) is 0. The van der Waals surface area contributed by atoms with Crippen molar-refractivity contribution < 1.29 is 2.85 Å². The van der Waals surface area contributed by atoms with Gasteiger partial charge in [0.1, 0.15) is 0 Å². The van der Waals surface area contributed by atoms with Crippen LogP contribution in [0.1, 0.15) is 89.3 Å². The van der Waals surface area contributed by atoms with Gasteiger partial charge < -0.3 is 0 Å². The third kappa shape index (κ3) is 9.30. The van der Waals surface area contributed by atoms with Gasteiger partial charge >= 0.3 is 0 Å². The summed E-state index contributed by atoms with van der Waals surface area (Å²) < 4.78 is 0. The van der Waals surface area contributed by atoms with Gasteiger partial charge in [0.2, 0.25) is 0 Å². The van der Waals surface area contributed by atoms with Gasteiger partial charge in [0.05, 0.1) is 0 Å². The zero-order valence-electron chi connectivity index (χ0n) is 14.4. The minimum absolute atomic E-state index is 0. The minimum Gasteiger partial charge on any atom is -0.0914 e. The standard InChI is InChI=1S/C17H32.C2H6.2H2/c1-5-6-16-9-11-17(12-10-16)13-15(4)8-7-14(2)3;1-2;;/h5-6,14-17H,7-13H2,1-4H3;1-2H3;2*1H/b6-5+;;;. The first-order valence-corrected chi connectivity index (χ1v) is 8.74. The summed E-state index contributed by atoms with van der Waals surface area (Å²) in [6.07, 6.45) is 14.8. The van der Waals surface area contributed by atoms with E-state index in [9.17, 15) is 0 Å². The minimum atomic E-state index is 0. The van der Waals surface area contributed by atoms with Gasteiger partial charge in [-0.3, -0.25) is 0 Å². The van der Waals surface area contributed by atoms with Crippen LogP contribution in [0.25, 0.3) is 0 Å². The maximum Gasteiger partial charge on any atom is 0 e. The summed E-state index contributed by atoms with van der Waals surface area (Å²) in [6.45, 7) is 13.3. The fourth-order valence-electron chi connectivity index (χ4n) is 3.19. The van der Waals surface area contributed by atoms with Crippen LogP contribution >= 0.6 is 0 Å². The van der Waals surface area contributed by atoms with E-state index in [1.54, 1.807) is 0 Å². The highest BCUT2D eigenvalue weighted by atomic mass is 14.3. The Balaban J connectivity index is -0.000000774. The van der Waals surface area contributed by atoms with Gasteiger partial charge in [-0.25, -0.2) is 0 Å². The lowest BCUT2D eigenvalue weighted by Gasteiger charge is -2.28. The van der Waals surface area contributed by atoms with Crippen LogP contribution in [-0.2, 0) is 0 Å². The van der Waals surface area contributed by atoms with Gasteiger partial charge in [-0.05, 0) is 62.7 Å². The molecule has 1 rings (SSSR count). The predicted octanol–water partition coefficient (Wildman–Crippen LogP) is 7.35. The molecule has 0 bridgehead atoms. The summed E-state index contributed by atoms with van der Waals surface area (Å²) in [5.74, 6) is 3.74. The maximum atomic E-state index is 2.46. The van der Waals surface area contributed by atoms with Crippen LogP contribution in [0.4, 0.5) is 0 Å². The molecule has 0 amide bonds. The number of allylic oxidation sites excluding steroid dienone is 2. The molecule has 19 heavy (non-hydrogen) atoms. The molecular formula is C19H42. The van der Waals surface area contributed by atoms with Crippen LogP contribution in [0.15, 0.2) is 12.2 Å². The van der Waals surface area contributed by atoms with E-state index in [-0.39, 0.29) is 2.85 Å². The molecule has 0 heteroatoms. The molecule has 0 aromatic heterocycles. The molecule has 1 atom stereocenters. The molecule has 0 aliphatic heterocycles. The van der Waals surface area contributed by atoms with Crippen LogP contribution in [-0.4, -0.2) is 0 Å². The van der Waals surface area contributed by atoms with Crippen LogP contribution in [0.2, 0.25) is 0 Å². The average molecular weight is 271 g/mol. The molecule has 1 saturated carbocycles. The van der Waals surface area contributed by atoms with Crippen molar-refractivity contribution in [3.63, 3.8) is 0 Å². The van der Waals surface area contributed by atoms with Crippen LogP contribution in [0, 0.1) is 23.7 Å². The third-order valence-corrected chi connectivity index (χ3v) is 4.33. The molecule has 0 radical (unpaired) electrons. The highest BCUT2D eigenvalue weighted by Gasteiger charge is 2.20. The first-order chi connectivity index (χ1) is 9.11. The smallest absolute Gasteiger partial charge is 0 e. The van der Waals surface area contributed by atoms with Crippen molar-refractivity contribution in [2.24, 2.45) is 23.7 Å². The van der Waals surface area contributed by atoms with Crippen LogP contribution in [0.3, 0.4) is 0 Å². The Bertz CT molecular complexity index is 216. The second-order valence-electron chi connectivity index (χ2n) is 6.62. The molecule has 0 nitrogen and oxygen atoms in total. The van der Waals surface area contributed by atoms with Crippen molar-refractivity contribution in [1.82, 2.24) is 0 Å². The second-order valence-corrected chi connectivity index (χ2v) is 6.62. The van der Waals surface area contributed by atoms with E-state index in [1.807, 2.05) is 13.8 Å². The highest BCUT2D eigenvalue weighted by molar-refractivity contribution is 4.88. The van der Waals surface area contributed by atoms with Gasteiger partial charge in [-0.1, -0.05) is 59.6 Å². The van der Waals surface area contributed by atoms with E-state index in [4.69, 9.17) is 0 Å². The maximum absolute atomic E-state index is 2.46. The SMILES string of the molecule is C/C=C/C1CCC(CC(C)CCC(C)C)CC1.CC.[HH].[HH]. The molecule has 0 aromatic rings. The summed E-state index contributed by atoms with van der Waals surface area (Å²) in [5, 5.41) is 0. The first-order valence-electron chi connectivity index (χ1n) is 8.74. The molecule has 1 aliphatic carbocycles. The van der Waals surface area contributed by atoms with Gasteiger partial charge in [0, 0.05) is 2.85 Å². The number of hydrogen-bond acceptors (Lipinski definition) is 0. The highest BCUT2D eigenvalue weighted by Crippen LogP contribution is 2.34. The normalized spacial score (nSPS) is 25.2. The average Bonchev–Trinajstić information content (AvgIpc) is 2.41. The predicted molar refractivity (Wildman–Crippen MR) is 93.7 cm³/mol. The molecule has 0 saturated heterocycles. The summed E-state index contributed by atoms with van der Waals surface area (Å²) in [5.41, 5.74) is 0. The summed E-state index contributed by atoms with van der Waals surface area (Å²) in [7, 11) is 0. The molecule has 1 fully saturated rings. The molecule has 0 spiro atoms. The van der Waals surface area contributed by atoms with Crippen LogP contribution in [0.5, 0.6) is 0 Å². The van der Waals surface area contributed by atoms with Gasteiger partial charge in [0.25, 0.3) is 0 Å². The second kappa shape index (κ2) is 11.6. The molecule has 1 unspecified atom stereocenters. The van der Waals surface area contributed by atoms with Crippen molar-refractivity contribution in [2.75, 3.05) is 0 Å². The molecular weight excluding hydrogens is 228 g/mol. The van der Waals surface area contributed by atoms with Crippen LogP contribution < -0.4 is 0 Å². The number of rotatable bonds is 6. The topological polar surface area (TPSA) is 0 Å². The van der Waals surface area contributed by atoms with E-state index in [1.165, 1.54) is 44.9 Å². The Morgan fingerprint density at radius 2 is 1.58 bits per heavy atom. The van der Waals surface area contributed by atoms with E-state index in [0.717, 1.165) is 23.7 Å². The summed E-state index contributed by atoms with van der Waals surface area (Å²) >= 11 is 0. The largest absolute Gasteiger partial charge is 0.0914 e. The van der Waals surface area contributed by atoms with Crippen molar-refractivity contribution >= 4 is 0 Å². The van der Waals surface area contributed by atoms with E-state index in [2.05, 4.69) is 39.8 Å². The van der Waals surface area contributed by atoms with Crippen molar-refractivity contribution in [3.8, 4) is 0 Å². The fourth-order valence-corrected chi connectivity index (χ4v) is 3.19. The first kappa shape index (κ1) is 18.7. The Labute approximate surface area is 126 Å². The molecule has 0 aromatic carbocycles. The fraction of sp³-hybridized carbons (Fsp3) is 0.895. The Morgan fingerprint density at radius 3 is 2.05 bits per heavy atom.